The van der Waals surface area contributed by atoms with Gasteiger partial charge in [-0.3, -0.25) is 4.90 Å². The Hall–Kier alpha value is -0.120. The second-order valence-corrected chi connectivity index (χ2v) is 6.23. The first-order valence-electron chi connectivity index (χ1n) is 6.57. The molecule has 0 aliphatic carbocycles. The molecule has 0 saturated carbocycles. The fraction of sp³-hybridized carbons (Fsp3) is 1.00. The van der Waals surface area contributed by atoms with Gasteiger partial charge in [-0.1, -0.05) is 13.8 Å². The van der Waals surface area contributed by atoms with Gasteiger partial charge in [0.25, 0.3) is 0 Å². The lowest BCUT2D eigenvalue weighted by molar-refractivity contribution is -0.0797. The van der Waals surface area contributed by atoms with Crippen LogP contribution in [0.5, 0.6) is 0 Å². The van der Waals surface area contributed by atoms with E-state index in [1.165, 1.54) is 19.5 Å². The van der Waals surface area contributed by atoms with E-state index in [1.54, 1.807) is 0 Å². The third kappa shape index (κ3) is 2.41. The van der Waals surface area contributed by atoms with Crippen molar-refractivity contribution in [1.82, 2.24) is 10.2 Å². The first-order chi connectivity index (χ1) is 7.50. The second kappa shape index (κ2) is 4.63. The molecule has 1 atom stereocenters. The summed E-state index contributed by atoms with van der Waals surface area (Å²) in [7, 11) is 0. The van der Waals surface area contributed by atoms with Crippen molar-refractivity contribution < 1.29 is 4.74 Å². The molecule has 16 heavy (non-hydrogen) atoms. The molecule has 0 radical (unpaired) electrons. The summed E-state index contributed by atoms with van der Waals surface area (Å²) in [5, 5.41) is 3.65. The minimum Gasteiger partial charge on any atom is -0.378 e. The summed E-state index contributed by atoms with van der Waals surface area (Å²) in [4.78, 5) is 2.61. The van der Waals surface area contributed by atoms with Crippen LogP contribution in [0.1, 0.15) is 34.1 Å². The van der Waals surface area contributed by atoms with Crippen LogP contribution in [0.4, 0.5) is 0 Å². The van der Waals surface area contributed by atoms with Crippen LogP contribution < -0.4 is 5.32 Å². The summed E-state index contributed by atoms with van der Waals surface area (Å²) in [6.07, 6.45) is 1.30. The maximum Gasteiger partial charge on any atom is 0.0645 e. The van der Waals surface area contributed by atoms with E-state index in [0.717, 1.165) is 13.2 Å². The van der Waals surface area contributed by atoms with Gasteiger partial charge in [0, 0.05) is 18.6 Å². The predicted octanol–water partition coefficient (Wildman–Crippen LogP) is 1.48. The molecule has 2 aliphatic rings. The Labute approximate surface area is 99.5 Å². The van der Waals surface area contributed by atoms with Crippen molar-refractivity contribution in [2.45, 2.75) is 52.2 Å². The highest BCUT2D eigenvalue weighted by molar-refractivity contribution is 4.94. The molecule has 2 aliphatic heterocycles. The zero-order valence-corrected chi connectivity index (χ0v) is 11.1. The minimum atomic E-state index is 0.442. The largest absolute Gasteiger partial charge is 0.378 e. The Morgan fingerprint density at radius 1 is 1.38 bits per heavy atom. The number of nitrogens with zero attached hydrogens (tertiary/aromatic N) is 1. The Bertz CT molecular complexity index is 236. The summed E-state index contributed by atoms with van der Waals surface area (Å²) in [5.41, 5.74) is 0.442. The van der Waals surface area contributed by atoms with E-state index in [4.69, 9.17) is 4.74 Å². The fourth-order valence-electron chi connectivity index (χ4n) is 2.74. The molecule has 2 fully saturated rings. The van der Waals surface area contributed by atoms with Crippen LogP contribution in [0.3, 0.4) is 0 Å². The first kappa shape index (κ1) is 12.3. The molecule has 94 valence electrons. The van der Waals surface area contributed by atoms with Gasteiger partial charge in [0.15, 0.2) is 0 Å². The Morgan fingerprint density at radius 2 is 2.06 bits per heavy atom. The Kier molecular flexibility index (Phi) is 3.57. The molecule has 3 nitrogen and oxygen atoms in total. The average Bonchev–Trinajstić information content (AvgIpc) is 2.41. The number of hydrogen-bond donors (Lipinski definition) is 1. The lowest BCUT2D eigenvalue weighted by atomic mass is 9.84. The molecular formula is C13H26N2O. The highest BCUT2D eigenvalue weighted by atomic mass is 16.5. The molecule has 0 bridgehead atoms. The van der Waals surface area contributed by atoms with Crippen LogP contribution in [0.15, 0.2) is 0 Å². The summed E-state index contributed by atoms with van der Waals surface area (Å²) < 4.78 is 5.32. The predicted molar refractivity (Wildman–Crippen MR) is 66.6 cm³/mol. The van der Waals surface area contributed by atoms with Gasteiger partial charge in [-0.15, -0.1) is 0 Å². The van der Waals surface area contributed by atoms with Gasteiger partial charge in [-0.2, -0.15) is 0 Å². The van der Waals surface area contributed by atoms with Crippen molar-refractivity contribution >= 4 is 0 Å². The summed E-state index contributed by atoms with van der Waals surface area (Å²) in [6.45, 7) is 13.5. The monoisotopic (exact) mass is 226 g/mol. The second-order valence-electron chi connectivity index (χ2n) is 6.23. The number of ether oxygens (including phenoxy) is 1. The van der Waals surface area contributed by atoms with E-state index < -0.39 is 0 Å². The van der Waals surface area contributed by atoms with Gasteiger partial charge in [0.1, 0.15) is 0 Å². The van der Waals surface area contributed by atoms with Crippen molar-refractivity contribution in [3.8, 4) is 0 Å². The summed E-state index contributed by atoms with van der Waals surface area (Å²) in [5.74, 6) is 0. The SMILES string of the molecule is CC(C)N(CC1NCCC1(C)C)C1COC1. The summed E-state index contributed by atoms with van der Waals surface area (Å²) in [6, 6.07) is 1.90. The molecule has 1 N–H and O–H groups in total. The molecule has 3 heteroatoms. The van der Waals surface area contributed by atoms with Crippen LogP contribution in [0, 0.1) is 5.41 Å². The molecule has 0 amide bonds. The van der Waals surface area contributed by atoms with Gasteiger partial charge in [0.2, 0.25) is 0 Å². The van der Waals surface area contributed by atoms with Gasteiger partial charge in [0.05, 0.1) is 19.3 Å². The molecule has 0 aromatic heterocycles. The quantitative estimate of drug-likeness (QED) is 0.786. The van der Waals surface area contributed by atoms with Gasteiger partial charge in [-0.05, 0) is 32.2 Å². The maximum absolute atomic E-state index is 5.32. The van der Waals surface area contributed by atoms with Gasteiger partial charge >= 0.3 is 0 Å². The van der Waals surface area contributed by atoms with Crippen LogP contribution in [-0.4, -0.2) is 49.3 Å². The van der Waals surface area contributed by atoms with Crippen molar-refractivity contribution in [3.05, 3.63) is 0 Å². The zero-order valence-electron chi connectivity index (χ0n) is 11.1. The average molecular weight is 226 g/mol. The molecule has 2 heterocycles. The Morgan fingerprint density at radius 3 is 2.44 bits per heavy atom. The molecule has 1 unspecified atom stereocenters. The third-order valence-electron chi connectivity index (χ3n) is 4.25. The minimum absolute atomic E-state index is 0.442. The van der Waals surface area contributed by atoms with Gasteiger partial charge in [-0.25, -0.2) is 0 Å². The van der Waals surface area contributed by atoms with Crippen molar-refractivity contribution in [2.24, 2.45) is 5.41 Å². The molecular weight excluding hydrogens is 200 g/mol. The Balaban J connectivity index is 1.94. The van der Waals surface area contributed by atoms with Crippen molar-refractivity contribution in [2.75, 3.05) is 26.3 Å². The van der Waals surface area contributed by atoms with E-state index >= 15 is 0 Å². The van der Waals surface area contributed by atoms with E-state index in [2.05, 4.69) is 37.9 Å². The highest BCUT2D eigenvalue weighted by Crippen LogP contribution is 2.31. The molecule has 2 saturated heterocycles. The molecule has 0 aromatic rings. The standard InChI is InChI=1S/C13H26N2O/c1-10(2)15(11-8-16-9-11)7-12-13(3,4)5-6-14-12/h10-12,14H,5-9H2,1-4H3. The van der Waals surface area contributed by atoms with E-state index in [9.17, 15) is 0 Å². The van der Waals surface area contributed by atoms with E-state index in [-0.39, 0.29) is 0 Å². The topological polar surface area (TPSA) is 24.5 Å². The van der Waals surface area contributed by atoms with Crippen LogP contribution in [-0.2, 0) is 4.74 Å². The van der Waals surface area contributed by atoms with Crippen LogP contribution in [0.25, 0.3) is 0 Å². The highest BCUT2D eigenvalue weighted by Gasteiger charge is 2.38. The van der Waals surface area contributed by atoms with E-state index in [0.29, 0.717) is 23.5 Å². The maximum atomic E-state index is 5.32. The molecule has 0 spiro atoms. The van der Waals surface area contributed by atoms with Crippen LogP contribution >= 0.6 is 0 Å². The van der Waals surface area contributed by atoms with Crippen molar-refractivity contribution in [3.63, 3.8) is 0 Å². The van der Waals surface area contributed by atoms with Crippen molar-refractivity contribution in [1.29, 1.82) is 0 Å². The molecule has 0 aromatic carbocycles. The lowest BCUT2D eigenvalue weighted by Crippen LogP contribution is -2.56. The lowest BCUT2D eigenvalue weighted by Gasteiger charge is -2.43. The van der Waals surface area contributed by atoms with E-state index in [1.807, 2.05) is 0 Å². The first-order valence-corrected chi connectivity index (χ1v) is 6.57. The summed E-state index contributed by atoms with van der Waals surface area (Å²) >= 11 is 0. The number of hydrogen-bond acceptors (Lipinski definition) is 3. The van der Waals surface area contributed by atoms with Crippen LogP contribution in [0.2, 0.25) is 0 Å². The molecule has 2 rings (SSSR count). The normalized spacial score (nSPS) is 30.0. The fourth-order valence-corrected chi connectivity index (χ4v) is 2.74. The number of nitrogens with one attached hydrogen (secondary N) is 1. The number of rotatable bonds is 4. The third-order valence-corrected chi connectivity index (χ3v) is 4.25. The smallest absolute Gasteiger partial charge is 0.0645 e. The van der Waals surface area contributed by atoms with Gasteiger partial charge < -0.3 is 10.1 Å². The zero-order chi connectivity index (χ0) is 11.8.